The molecule has 0 fully saturated rings. The molecule has 6 nitrogen and oxygen atoms in total. The summed E-state index contributed by atoms with van der Waals surface area (Å²) in [6.07, 6.45) is 3.16. The molecule has 0 radical (unpaired) electrons. The molecule has 136 valence electrons. The molecule has 0 unspecified atom stereocenters. The molecule has 0 amide bonds. The van der Waals surface area contributed by atoms with Crippen molar-refractivity contribution in [2.24, 2.45) is 0 Å². The van der Waals surface area contributed by atoms with Gasteiger partial charge in [0.05, 0.1) is 17.8 Å². The summed E-state index contributed by atoms with van der Waals surface area (Å²) in [4.78, 5) is 12.4. The zero-order valence-electron chi connectivity index (χ0n) is 14.3. The molecule has 0 aliphatic rings. The summed E-state index contributed by atoms with van der Waals surface area (Å²) in [5.74, 6) is -0.147. The Kier molecular flexibility index (Phi) is 6.69. The summed E-state index contributed by atoms with van der Waals surface area (Å²) in [5, 5.41) is -0.772. The minimum atomic E-state index is -3.84. The number of nitrogens with one attached hydrogen (secondary N) is 1. The fourth-order valence-corrected chi connectivity index (χ4v) is 4.32. The maximum atomic E-state index is 12.7. The van der Waals surface area contributed by atoms with Gasteiger partial charge in [-0.15, -0.1) is 11.8 Å². The number of hydrogen-bond acceptors (Lipinski definition) is 6. The second-order valence-electron chi connectivity index (χ2n) is 5.34. The first-order chi connectivity index (χ1) is 11.9. The molecule has 0 saturated heterocycles. The van der Waals surface area contributed by atoms with Gasteiger partial charge in [-0.1, -0.05) is 17.7 Å². The van der Waals surface area contributed by atoms with Gasteiger partial charge in [-0.05, 0) is 44.4 Å². The van der Waals surface area contributed by atoms with Crippen LogP contribution in [0.1, 0.15) is 24.3 Å². The Balaban J connectivity index is 2.36. The van der Waals surface area contributed by atoms with Crippen molar-refractivity contribution in [2.45, 2.75) is 30.0 Å². The van der Waals surface area contributed by atoms with Crippen LogP contribution in [0.5, 0.6) is 0 Å². The lowest BCUT2D eigenvalue weighted by Gasteiger charge is -2.23. The predicted molar refractivity (Wildman–Crippen MR) is 96.9 cm³/mol. The van der Waals surface area contributed by atoms with Crippen molar-refractivity contribution >= 4 is 27.8 Å². The summed E-state index contributed by atoms with van der Waals surface area (Å²) in [6.45, 7) is 3.79. The van der Waals surface area contributed by atoms with E-state index in [9.17, 15) is 13.2 Å². The number of carbonyl (C=O) groups is 1. The molecule has 1 N–H and O–H groups in total. The summed E-state index contributed by atoms with van der Waals surface area (Å²) >= 11 is 1.20. The van der Waals surface area contributed by atoms with Gasteiger partial charge in [-0.2, -0.15) is 4.72 Å². The molecule has 8 heteroatoms. The van der Waals surface area contributed by atoms with Crippen LogP contribution in [-0.2, 0) is 19.6 Å². The average Bonchev–Trinajstić information content (AvgIpc) is 3.09. The Labute approximate surface area is 152 Å². The minimum absolute atomic E-state index is 0.123. The van der Waals surface area contributed by atoms with Crippen molar-refractivity contribution in [3.8, 4) is 0 Å². The third-order valence-electron chi connectivity index (χ3n) is 3.54. The van der Waals surface area contributed by atoms with Gasteiger partial charge in [0.2, 0.25) is 10.0 Å². The monoisotopic (exact) mass is 383 g/mol. The lowest BCUT2D eigenvalue weighted by molar-refractivity contribution is -0.143. The molecular formula is C17H21NO5S2. The standard InChI is InChI=1S/C17H21NO5S2/c1-4-22-17(19)16(24-3)15(14-6-5-11-23-14)18-25(20,21)13-9-7-12(2)8-10-13/h5-11,15-16,18H,4H2,1-3H3/t15-,16-/m1/s1. The third kappa shape index (κ3) is 4.87. The van der Waals surface area contributed by atoms with E-state index in [0.717, 1.165) is 5.56 Å². The van der Waals surface area contributed by atoms with Crippen molar-refractivity contribution in [3.63, 3.8) is 0 Å². The molecule has 0 bridgehead atoms. The fraction of sp³-hybridized carbons (Fsp3) is 0.353. The van der Waals surface area contributed by atoms with Gasteiger partial charge in [0.15, 0.2) is 0 Å². The molecule has 1 aromatic heterocycles. The van der Waals surface area contributed by atoms with Crippen LogP contribution in [0.15, 0.2) is 52.0 Å². The zero-order chi connectivity index (χ0) is 18.4. The van der Waals surface area contributed by atoms with Crippen molar-refractivity contribution in [3.05, 3.63) is 54.0 Å². The second kappa shape index (κ2) is 8.55. The molecule has 2 aromatic rings. The van der Waals surface area contributed by atoms with E-state index in [1.54, 1.807) is 37.4 Å². The lowest BCUT2D eigenvalue weighted by atomic mass is 10.1. The second-order valence-corrected chi connectivity index (χ2v) is 8.03. The first kappa shape index (κ1) is 19.6. The van der Waals surface area contributed by atoms with E-state index in [1.807, 2.05) is 6.92 Å². The van der Waals surface area contributed by atoms with Gasteiger partial charge in [0.1, 0.15) is 17.1 Å². The number of aryl methyl sites for hydroxylation is 1. The van der Waals surface area contributed by atoms with E-state index in [1.165, 1.54) is 30.2 Å². The summed E-state index contributed by atoms with van der Waals surface area (Å²) in [7, 11) is -3.84. The summed E-state index contributed by atoms with van der Waals surface area (Å²) in [6, 6.07) is 8.87. The van der Waals surface area contributed by atoms with Crippen molar-refractivity contribution in [2.75, 3.05) is 12.9 Å². The van der Waals surface area contributed by atoms with Gasteiger partial charge >= 0.3 is 5.97 Å². The van der Waals surface area contributed by atoms with Crippen molar-refractivity contribution in [1.29, 1.82) is 0 Å². The van der Waals surface area contributed by atoms with E-state index in [-0.39, 0.29) is 11.5 Å². The van der Waals surface area contributed by atoms with E-state index >= 15 is 0 Å². The molecule has 25 heavy (non-hydrogen) atoms. The van der Waals surface area contributed by atoms with Crippen LogP contribution in [0.25, 0.3) is 0 Å². The molecular weight excluding hydrogens is 362 g/mol. The van der Waals surface area contributed by atoms with Crippen LogP contribution in [0.2, 0.25) is 0 Å². The quantitative estimate of drug-likeness (QED) is 0.706. The number of carbonyl (C=O) groups excluding carboxylic acids is 1. The smallest absolute Gasteiger partial charge is 0.321 e. The van der Waals surface area contributed by atoms with Crippen molar-refractivity contribution < 1.29 is 22.4 Å². The van der Waals surface area contributed by atoms with Gasteiger partial charge in [-0.3, -0.25) is 4.79 Å². The number of hydrogen-bond donors (Lipinski definition) is 1. The number of furan rings is 1. The number of ether oxygens (including phenoxy) is 1. The van der Waals surface area contributed by atoms with Gasteiger partial charge in [0, 0.05) is 0 Å². The Hall–Kier alpha value is -1.77. The zero-order valence-corrected chi connectivity index (χ0v) is 15.9. The van der Waals surface area contributed by atoms with E-state index < -0.39 is 27.3 Å². The Bertz CT molecular complexity index is 785. The fourth-order valence-electron chi connectivity index (χ4n) is 2.28. The lowest BCUT2D eigenvalue weighted by Crippen LogP contribution is -2.39. The van der Waals surface area contributed by atoms with Crippen molar-refractivity contribution in [1.82, 2.24) is 4.72 Å². The third-order valence-corrected chi connectivity index (χ3v) is 5.97. The molecule has 1 aromatic carbocycles. The first-order valence-electron chi connectivity index (χ1n) is 7.71. The van der Waals surface area contributed by atoms with Gasteiger partial charge in [-0.25, -0.2) is 8.42 Å². The molecule has 2 atom stereocenters. The van der Waals surface area contributed by atoms with E-state index in [2.05, 4.69) is 4.72 Å². The molecule has 0 aliphatic carbocycles. The van der Waals surface area contributed by atoms with Gasteiger partial charge in [0.25, 0.3) is 0 Å². The Morgan fingerprint density at radius 2 is 1.96 bits per heavy atom. The van der Waals surface area contributed by atoms with Gasteiger partial charge < -0.3 is 9.15 Å². The Morgan fingerprint density at radius 1 is 1.28 bits per heavy atom. The number of esters is 1. The maximum Gasteiger partial charge on any atom is 0.321 e. The maximum absolute atomic E-state index is 12.7. The highest BCUT2D eigenvalue weighted by molar-refractivity contribution is 8.00. The van der Waals surface area contributed by atoms with Crippen LogP contribution in [0, 0.1) is 6.92 Å². The number of benzene rings is 1. The van der Waals surface area contributed by atoms with Crippen LogP contribution in [0.3, 0.4) is 0 Å². The Morgan fingerprint density at radius 3 is 2.48 bits per heavy atom. The highest BCUT2D eigenvalue weighted by atomic mass is 32.2. The molecule has 0 spiro atoms. The topological polar surface area (TPSA) is 85.6 Å². The minimum Gasteiger partial charge on any atom is -0.468 e. The molecule has 0 saturated carbocycles. The number of sulfonamides is 1. The number of rotatable bonds is 8. The summed E-state index contributed by atoms with van der Waals surface area (Å²) in [5.41, 5.74) is 0.954. The molecule has 2 rings (SSSR count). The van der Waals surface area contributed by atoms with E-state index in [0.29, 0.717) is 5.76 Å². The summed E-state index contributed by atoms with van der Waals surface area (Å²) < 4.78 is 38.5. The number of thioether (sulfide) groups is 1. The molecule has 1 heterocycles. The van der Waals surface area contributed by atoms with Crippen LogP contribution < -0.4 is 4.72 Å². The average molecular weight is 383 g/mol. The normalized spacial score (nSPS) is 14.0. The highest BCUT2D eigenvalue weighted by Crippen LogP contribution is 2.29. The predicted octanol–water partition coefficient (Wildman–Crippen LogP) is 2.90. The SMILES string of the molecule is CCOC(=O)[C@H](SC)[C@H](NS(=O)(=O)c1ccc(C)cc1)c1ccco1. The van der Waals surface area contributed by atoms with E-state index in [4.69, 9.17) is 9.15 Å². The highest BCUT2D eigenvalue weighted by Gasteiger charge is 2.35. The largest absolute Gasteiger partial charge is 0.468 e. The van der Waals surface area contributed by atoms with Crippen LogP contribution >= 0.6 is 11.8 Å². The molecule has 0 aliphatic heterocycles. The van der Waals surface area contributed by atoms with Crippen LogP contribution in [-0.4, -0.2) is 32.5 Å². The van der Waals surface area contributed by atoms with Crippen LogP contribution in [0.4, 0.5) is 0 Å². The first-order valence-corrected chi connectivity index (χ1v) is 10.5.